The summed E-state index contributed by atoms with van der Waals surface area (Å²) in [6, 6.07) is 99.1. The van der Waals surface area contributed by atoms with Crippen molar-refractivity contribution >= 4 is 60.4 Å². The quantitative estimate of drug-likeness (QED) is 0.161. The molecular formula is C69H44N2. The summed E-state index contributed by atoms with van der Waals surface area (Å²) in [5, 5.41) is 7.42. The summed E-state index contributed by atoms with van der Waals surface area (Å²) in [6.45, 7) is 0. The maximum Gasteiger partial charge on any atom is 0.0726 e. The van der Waals surface area contributed by atoms with Crippen LogP contribution in [0.25, 0.3) is 93.5 Å². The van der Waals surface area contributed by atoms with Crippen LogP contribution in [0.2, 0.25) is 0 Å². The number of hydrogen-bond acceptors (Lipinski definition) is 1. The molecule has 330 valence electrons. The lowest BCUT2D eigenvalue weighted by atomic mass is 9.70. The third kappa shape index (κ3) is 5.83. The van der Waals surface area contributed by atoms with Crippen molar-refractivity contribution in [3.63, 3.8) is 0 Å². The summed E-state index contributed by atoms with van der Waals surface area (Å²) in [6.07, 6.45) is 0. The molecule has 0 unspecified atom stereocenters. The maximum atomic E-state index is 2.49. The normalized spacial score (nSPS) is 12.9. The van der Waals surface area contributed by atoms with Gasteiger partial charge in [0.1, 0.15) is 0 Å². The highest BCUT2D eigenvalue weighted by atomic mass is 15.1. The number of hydrogen-bond donors (Lipinski definition) is 0. The topological polar surface area (TPSA) is 8.17 Å². The van der Waals surface area contributed by atoms with Crippen LogP contribution in [-0.4, -0.2) is 4.57 Å². The number of anilines is 3. The lowest BCUT2D eigenvalue weighted by molar-refractivity contribution is 0.793. The highest BCUT2D eigenvalue weighted by Crippen LogP contribution is 2.63. The molecule has 0 saturated heterocycles. The standard InChI is InChI=1S/C69H44N2/c1-2-17-49-42-53(37-35-45(49)15-1)70(54-38-39-59-58-24-7-11-28-64(58)69(65(59)44-54)62-26-9-5-22-56(62)57-23-6-10-27-63(57)69)52-20-13-19-50(41-52)46-31-33-47(34-32-46)51-36-40-68-61(43-51)60-25-8-12-29-67(60)71(68)66-30-14-18-48-16-3-4-21-55(48)66/h1-44H. The minimum absolute atomic E-state index is 0.438. The van der Waals surface area contributed by atoms with Crippen molar-refractivity contribution in [2.24, 2.45) is 0 Å². The van der Waals surface area contributed by atoms with Gasteiger partial charge in [-0.15, -0.1) is 0 Å². The lowest BCUT2D eigenvalue weighted by Gasteiger charge is -2.32. The van der Waals surface area contributed by atoms with E-state index in [4.69, 9.17) is 0 Å². The Balaban J connectivity index is 0.846. The maximum absolute atomic E-state index is 2.49. The van der Waals surface area contributed by atoms with E-state index in [1.165, 1.54) is 110 Å². The van der Waals surface area contributed by atoms with E-state index in [0.29, 0.717) is 0 Å². The third-order valence-electron chi connectivity index (χ3n) is 15.6. The second-order valence-electron chi connectivity index (χ2n) is 19.2. The minimum Gasteiger partial charge on any atom is -0.310 e. The van der Waals surface area contributed by atoms with Gasteiger partial charge in [0, 0.05) is 33.2 Å². The van der Waals surface area contributed by atoms with E-state index in [1.54, 1.807) is 0 Å². The Bertz CT molecular complexity index is 4240. The van der Waals surface area contributed by atoms with Crippen molar-refractivity contribution in [1.29, 1.82) is 0 Å². The second-order valence-corrected chi connectivity index (χ2v) is 19.2. The van der Waals surface area contributed by atoms with Gasteiger partial charge in [0.25, 0.3) is 0 Å². The van der Waals surface area contributed by atoms with Gasteiger partial charge >= 0.3 is 0 Å². The average Bonchev–Trinajstić information content (AvgIpc) is 4.04. The van der Waals surface area contributed by atoms with E-state index >= 15 is 0 Å². The number of rotatable bonds is 6. The van der Waals surface area contributed by atoms with Crippen molar-refractivity contribution in [2.75, 3.05) is 4.90 Å². The van der Waals surface area contributed by atoms with Crippen LogP contribution < -0.4 is 4.90 Å². The first-order valence-corrected chi connectivity index (χ1v) is 24.7. The molecular weight excluding hydrogens is 857 g/mol. The Hall–Kier alpha value is -9.24. The average molecular weight is 901 g/mol. The number of nitrogens with zero attached hydrogens (tertiary/aromatic N) is 2. The molecule has 0 atom stereocenters. The molecule has 2 aliphatic carbocycles. The van der Waals surface area contributed by atoms with Crippen LogP contribution in [-0.2, 0) is 5.41 Å². The van der Waals surface area contributed by atoms with Gasteiger partial charge in [0.2, 0.25) is 0 Å². The Morgan fingerprint density at radius 1 is 0.268 bits per heavy atom. The summed E-state index contributed by atoms with van der Waals surface area (Å²) >= 11 is 0. The summed E-state index contributed by atoms with van der Waals surface area (Å²) < 4.78 is 2.43. The van der Waals surface area contributed by atoms with Crippen molar-refractivity contribution < 1.29 is 0 Å². The zero-order valence-electron chi connectivity index (χ0n) is 38.8. The molecule has 13 aromatic rings. The first kappa shape index (κ1) is 39.7. The number of benzene rings is 12. The molecule has 2 heteroatoms. The van der Waals surface area contributed by atoms with Gasteiger partial charge in [0.15, 0.2) is 0 Å². The highest BCUT2D eigenvalue weighted by Gasteiger charge is 2.51. The van der Waals surface area contributed by atoms with Crippen molar-refractivity contribution in [3.05, 3.63) is 289 Å². The van der Waals surface area contributed by atoms with E-state index < -0.39 is 5.41 Å². The smallest absolute Gasteiger partial charge is 0.0726 e. The third-order valence-corrected chi connectivity index (χ3v) is 15.6. The summed E-state index contributed by atoms with van der Waals surface area (Å²) in [5.74, 6) is 0. The van der Waals surface area contributed by atoms with Gasteiger partial charge in [-0.2, -0.15) is 0 Å². The van der Waals surface area contributed by atoms with Crippen molar-refractivity contribution in [3.8, 4) is 50.2 Å². The molecule has 1 aromatic heterocycles. The molecule has 0 saturated carbocycles. The van der Waals surface area contributed by atoms with Crippen LogP contribution >= 0.6 is 0 Å². The monoisotopic (exact) mass is 900 g/mol. The van der Waals surface area contributed by atoms with Crippen LogP contribution in [0.5, 0.6) is 0 Å². The predicted molar refractivity (Wildman–Crippen MR) is 298 cm³/mol. The number of para-hydroxylation sites is 1. The second kappa shape index (κ2) is 15.4. The molecule has 2 aliphatic rings. The Labute approximate surface area is 412 Å². The zero-order valence-corrected chi connectivity index (χ0v) is 38.8. The molecule has 15 rings (SSSR count). The van der Waals surface area contributed by atoms with Crippen LogP contribution in [0.4, 0.5) is 17.1 Å². The number of aromatic nitrogens is 1. The summed E-state index contributed by atoms with van der Waals surface area (Å²) in [5.41, 5.74) is 21.8. The lowest BCUT2D eigenvalue weighted by Crippen LogP contribution is -2.26. The molecule has 0 aliphatic heterocycles. The van der Waals surface area contributed by atoms with E-state index in [2.05, 4.69) is 276 Å². The molecule has 0 fully saturated rings. The van der Waals surface area contributed by atoms with Gasteiger partial charge < -0.3 is 9.47 Å². The number of fused-ring (bicyclic) bond motifs is 15. The molecule has 0 radical (unpaired) electrons. The van der Waals surface area contributed by atoms with E-state index in [-0.39, 0.29) is 0 Å². The predicted octanol–water partition coefficient (Wildman–Crippen LogP) is 18.2. The van der Waals surface area contributed by atoms with Crippen LogP contribution in [0, 0.1) is 0 Å². The van der Waals surface area contributed by atoms with Gasteiger partial charge in [-0.05, 0) is 144 Å². The summed E-state index contributed by atoms with van der Waals surface area (Å²) in [7, 11) is 0. The van der Waals surface area contributed by atoms with Crippen LogP contribution in [0.1, 0.15) is 22.3 Å². The first-order valence-electron chi connectivity index (χ1n) is 24.7. The zero-order chi connectivity index (χ0) is 46.6. The van der Waals surface area contributed by atoms with E-state index in [0.717, 1.165) is 22.6 Å². The molecule has 1 heterocycles. The van der Waals surface area contributed by atoms with E-state index in [9.17, 15) is 0 Å². The molecule has 71 heavy (non-hydrogen) atoms. The molecule has 12 aromatic carbocycles. The molecule has 0 N–H and O–H groups in total. The van der Waals surface area contributed by atoms with Gasteiger partial charge in [-0.25, -0.2) is 0 Å². The molecule has 0 bridgehead atoms. The Morgan fingerprint density at radius 3 is 1.51 bits per heavy atom. The van der Waals surface area contributed by atoms with Crippen molar-refractivity contribution in [1.82, 2.24) is 4.57 Å². The highest BCUT2D eigenvalue weighted by molar-refractivity contribution is 6.12. The SMILES string of the molecule is c1cc(-c2ccc(-c3ccc4c(c3)c3ccccc3n4-c3cccc4ccccc34)cc2)cc(N(c2ccc3c(c2)C2(c4ccccc4-c4ccccc42)c2ccccc2-3)c2ccc3ccccc3c2)c1. The van der Waals surface area contributed by atoms with Gasteiger partial charge in [0.05, 0.1) is 22.1 Å². The molecule has 1 spiro atoms. The molecule has 0 amide bonds. The first-order chi connectivity index (χ1) is 35.2. The fourth-order valence-electron chi connectivity index (χ4n) is 12.5. The fourth-order valence-corrected chi connectivity index (χ4v) is 12.5. The van der Waals surface area contributed by atoms with Gasteiger partial charge in [-0.1, -0.05) is 206 Å². The Morgan fingerprint density at radius 2 is 0.775 bits per heavy atom. The fraction of sp³-hybridized carbons (Fsp3) is 0.0145. The van der Waals surface area contributed by atoms with Crippen LogP contribution in [0.3, 0.4) is 0 Å². The minimum atomic E-state index is -0.438. The molecule has 2 nitrogen and oxygen atoms in total. The Kier molecular flexibility index (Phi) is 8.61. The summed E-state index contributed by atoms with van der Waals surface area (Å²) in [4.78, 5) is 2.46. The van der Waals surface area contributed by atoms with Crippen LogP contribution in [0.15, 0.2) is 267 Å². The van der Waals surface area contributed by atoms with Gasteiger partial charge in [-0.3, -0.25) is 0 Å². The van der Waals surface area contributed by atoms with E-state index in [1.807, 2.05) is 0 Å². The largest absolute Gasteiger partial charge is 0.310 e. The van der Waals surface area contributed by atoms with Crippen molar-refractivity contribution in [2.45, 2.75) is 5.41 Å².